The second-order valence-electron chi connectivity index (χ2n) is 5.42. The van der Waals surface area contributed by atoms with Gasteiger partial charge in [-0.2, -0.15) is 0 Å². The quantitative estimate of drug-likeness (QED) is 0.885. The molecule has 1 saturated carbocycles. The number of rotatable bonds is 3. The van der Waals surface area contributed by atoms with E-state index < -0.39 is 11.9 Å². The van der Waals surface area contributed by atoms with E-state index in [0.717, 1.165) is 12.8 Å². The highest BCUT2D eigenvalue weighted by molar-refractivity contribution is 5.93. The summed E-state index contributed by atoms with van der Waals surface area (Å²) in [6, 6.07) is 0. The number of hydrogen-bond acceptors (Lipinski definition) is 4. The van der Waals surface area contributed by atoms with Crippen LogP contribution in [0.1, 0.15) is 29.1 Å². The van der Waals surface area contributed by atoms with Crippen LogP contribution in [0, 0.1) is 24.7 Å². The van der Waals surface area contributed by atoms with Crippen LogP contribution in [0.5, 0.6) is 0 Å². The van der Waals surface area contributed by atoms with E-state index >= 15 is 0 Å². The van der Waals surface area contributed by atoms with Gasteiger partial charge in [0.1, 0.15) is 0 Å². The minimum Gasteiger partial charge on any atom is -0.481 e. The maximum absolute atomic E-state index is 12.3. The molecule has 2 heterocycles. The monoisotopic (exact) mass is 264 g/mol. The molecule has 2 atom stereocenters. The lowest BCUT2D eigenvalue weighted by atomic mass is 9.92. The van der Waals surface area contributed by atoms with Crippen molar-refractivity contribution in [3.05, 3.63) is 17.8 Å². The van der Waals surface area contributed by atoms with Crippen LogP contribution in [0.3, 0.4) is 0 Å². The van der Waals surface area contributed by atoms with Crippen LogP contribution < -0.4 is 0 Å². The fraction of sp³-hybridized carbons (Fsp3) is 0.615. The predicted octanol–water partition coefficient (Wildman–Crippen LogP) is 1.17. The highest BCUT2D eigenvalue weighted by Gasteiger charge is 2.47. The van der Waals surface area contributed by atoms with E-state index in [-0.39, 0.29) is 24.1 Å². The summed E-state index contributed by atoms with van der Waals surface area (Å²) in [4.78, 5) is 29.1. The van der Waals surface area contributed by atoms with E-state index in [4.69, 9.17) is 4.42 Å². The number of carbonyl (C=O) groups excluding carboxylic acids is 1. The van der Waals surface area contributed by atoms with E-state index in [1.165, 1.54) is 6.39 Å². The van der Waals surface area contributed by atoms with E-state index in [1.54, 1.807) is 11.8 Å². The van der Waals surface area contributed by atoms with Crippen molar-refractivity contribution in [3.63, 3.8) is 0 Å². The zero-order chi connectivity index (χ0) is 13.6. The van der Waals surface area contributed by atoms with Crippen LogP contribution in [0.15, 0.2) is 10.8 Å². The van der Waals surface area contributed by atoms with E-state index in [0.29, 0.717) is 18.2 Å². The van der Waals surface area contributed by atoms with Crippen LogP contribution >= 0.6 is 0 Å². The van der Waals surface area contributed by atoms with E-state index in [2.05, 4.69) is 4.98 Å². The Morgan fingerprint density at radius 1 is 1.42 bits per heavy atom. The number of hydrogen-bond donors (Lipinski definition) is 1. The first-order valence-corrected chi connectivity index (χ1v) is 6.50. The molecule has 2 aliphatic rings. The summed E-state index contributed by atoms with van der Waals surface area (Å²) < 4.78 is 5.10. The maximum atomic E-state index is 12.3. The van der Waals surface area contributed by atoms with Gasteiger partial charge < -0.3 is 14.4 Å². The Kier molecular flexibility index (Phi) is 2.80. The van der Waals surface area contributed by atoms with Crippen molar-refractivity contribution in [1.82, 2.24) is 9.88 Å². The first-order chi connectivity index (χ1) is 9.08. The summed E-state index contributed by atoms with van der Waals surface area (Å²) in [5, 5.41) is 9.27. The SMILES string of the molecule is Cc1ncoc1C(=O)N1C[C@H](C(=O)O)[C@@H](C2CC2)C1. The molecule has 0 aromatic carbocycles. The van der Waals surface area contributed by atoms with Crippen molar-refractivity contribution in [2.45, 2.75) is 19.8 Å². The third kappa shape index (κ3) is 2.11. The minimum absolute atomic E-state index is 0.0877. The average Bonchev–Trinajstić information content (AvgIpc) is 2.97. The Labute approximate surface area is 110 Å². The Hall–Kier alpha value is -1.85. The fourth-order valence-corrected chi connectivity index (χ4v) is 2.91. The molecule has 1 aromatic heterocycles. The molecule has 0 unspecified atom stereocenters. The Balaban J connectivity index is 1.78. The van der Waals surface area contributed by atoms with Crippen LogP contribution in [-0.4, -0.2) is 40.0 Å². The van der Waals surface area contributed by atoms with Gasteiger partial charge >= 0.3 is 5.97 Å². The summed E-state index contributed by atoms with van der Waals surface area (Å²) >= 11 is 0. The average molecular weight is 264 g/mol. The molecule has 2 fully saturated rings. The minimum atomic E-state index is -0.804. The number of nitrogens with zero attached hydrogens (tertiary/aromatic N) is 2. The van der Waals surface area contributed by atoms with Gasteiger partial charge in [-0.05, 0) is 31.6 Å². The van der Waals surface area contributed by atoms with Crippen LogP contribution in [0.25, 0.3) is 0 Å². The molecule has 0 bridgehead atoms. The van der Waals surface area contributed by atoms with Crippen molar-refractivity contribution >= 4 is 11.9 Å². The van der Waals surface area contributed by atoms with Gasteiger partial charge in [0.15, 0.2) is 6.39 Å². The number of likely N-dealkylation sites (tertiary alicyclic amines) is 1. The van der Waals surface area contributed by atoms with E-state index in [1.807, 2.05) is 0 Å². The molecule has 102 valence electrons. The molecular formula is C13H16N2O4. The van der Waals surface area contributed by atoms with Gasteiger partial charge in [0, 0.05) is 13.1 Å². The number of aromatic nitrogens is 1. The van der Waals surface area contributed by atoms with Gasteiger partial charge in [-0.1, -0.05) is 0 Å². The van der Waals surface area contributed by atoms with Crippen molar-refractivity contribution in [2.75, 3.05) is 13.1 Å². The molecule has 6 nitrogen and oxygen atoms in total. The van der Waals surface area contributed by atoms with Gasteiger partial charge in [-0.15, -0.1) is 0 Å². The molecule has 3 rings (SSSR count). The molecule has 6 heteroatoms. The highest BCUT2D eigenvalue weighted by atomic mass is 16.4. The standard InChI is InChI=1S/C13H16N2O4/c1-7-11(19-6-14-7)12(16)15-4-9(8-2-3-8)10(5-15)13(17)18/h6,8-10H,2-5H2,1H3,(H,17,18)/t9-,10+/m1/s1. The number of aryl methyl sites for hydroxylation is 1. The van der Waals surface area contributed by atoms with Crippen molar-refractivity contribution in [2.24, 2.45) is 17.8 Å². The van der Waals surface area contributed by atoms with Crippen molar-refractivity contribution < 1.29 is 19.1 Å². The Morgan fingerprint density at radius 2 is 2.16 bits per heavy atom. The molecule has 0 radical (unpaired) electrons. The third-order valence-electron chi connectivity index (χ3n) is 4.14. The zero-order valence-electron chi connectivity index (χ0n) is 10.7. The summed E-state index contributed by atoms with van der Waals surface area (Å²) in [6.45, 7) is 2.50. The number of amides is 1. The molecule has 19 heavy (non-hydrogen) atoms. The number of aliphatic carboxylic acids is 1. The number of carboxylic acids is 1. The third-order valence-corrected chi connectivity index (χ3v) is 4.14. The van der Waals surface area contributed by atoms with Gasteiger partial charge in [-0.25, -0.2) is 4.98 Å². The van der Waals surface area contributed by atoms with Gasteiger partial charge in [0.2, 0.25) is 5.76 Å². The zero-order valence-corrected chi connectivity index (χ0v) is 10.7. The largest absolute Gasteiger partial charge is 0.481 e. The molecule has 0 spiro atoms. The first-order valence-electron chi connectivity index (χ1n) is 6.50. The van der Waals surface area contributed by atoms with Gasteiger partial charge in [0.05, 0.1) is 11.6 Å². The Bertz CT molecular complexity index is 520. The number of carbonyl (C=O) groups is 2. The molecule has 1 aromatic rings. The molecule has 1 aliphatic heterocycles. The van der Waals surface area contributed by atoms with Gasteiger partial charge in [-0.3, -0.25) is 9.59 Å². The molecule has 1 saturated heterocycles. The highest BCUT2D eigenvalue weighted by Crippen LogP contribution is 2.44. The van der Waals surface area contributed by atoms with Crippen molar-refractivity contribution in [3.8, 4) is 0 Å². The van der Waals surface area contributed by atoms with Crippen LogP contribution in [-0.2, 0) is 4.79 Å². The summed E-state index contributed by atoms with van der Waals surface area (Å²) in [5.74, 6) is -0.717. The maximum Gasteiger partial charge on any atom is 0.308 e. The van der Waals surface area contributed by atoms with Crippen molar-refractivity contribution in [1.29, 1.82) is 0 Å². The predicted molar refractivity (Wildman–Crippen MR) is 64.5 cm³/mol. The van der Waals surface area contributed by atoms with Crippen LogP contribution in [0.2, 0.25) is 0 Å². The van der Waals surface area contributed by atoms with E-state index in [9.17, 15) is 14.7 Å². The first kappa shape index (κ1) is 12.2. The van der Waals surface area contributed by atoms with Crippen LogP contribution in [0.4, 0.5) is 0 Å². The lowest BCUT2D eigenvalue weighted by Gasteiger charge is -2.14. The lowest BCUT2D eigenvalue weighted by Crippen LogP contribution is -2.30. The summed E-state index contributed by atoms with van der Waals surface area (Å²) in [6.07, 6.45) is 3.40. The lowest BCUT2D eigenvalue weighted by molar-refractivity contribution is -0.142. The fourth-order valence-electron chi connectivity index (χ4n) is 2.91. The molecular weight excluding hydrogens is 248 g/mol. The topological polar surface area (TPSA) is 83.6 Å². The smallest absolute Gasteiger partial charge is 0.308 e. The second-order valence-corrected chi connectivity index (χ2v) is 5.42. The Morgan fingerprint density at radius 3 is 2.68 bits per heavy atom. The normalized spacial score (nSPS) is 26.7. The molecule has 1 N–H and O–H groups in total. The summed E-state index contributed by atoms with van der Waals surface area (Å²) in [7, 11) is 0. The second kappa shape index (κ2) is 4.36. The summed E-state index contributed by atoms with van der Waals surface area (Å²) in [5.41, 5.74) is 0.548. The number of carboxylic acid groups (broad SMARTS) is 1. The molecule has 1 aliphatic carbocycles. The molecule has 1 amide bonds. The number of oxazole rings is 1. The van der Waals surface area contributed by atoms with Gasteiger partial charge in [0.25, 0.3) is 5.91 Å².